The molecule has 0 aliphatic heterocycles. The van der Waals surface area contributed by atoms with Crippen molar-refractivity contribution in [3.63, 3.8) is 0 Å². The number of nitrogens with zero attached hydrogens (tertiary/aromatic N) is 2. The smallest absolute Gasteiger partial charge is 0.0804 e. The summed E-state index contributed by atoms with van der Waals surface area (Å²) in [5.74, 6) is 0. The third kappa shape index (κ3) is 1.53. The maximum Gasteiger partial charge on any atom is 0.0804 e. The van der Waals surface area contributed by atoms with Gasteiger partial charge in [0, 0.05) is 12.4 Å². The van der Waals surface area contributed by atoms with E-state index in [1.807, 2.05) is 0 Å². The predicted molar refractivity (Wildman–Crippen MR) is 35.2 cm³/mol. The first kappa shape index (κ1) is 5.75. The van der Waals surface area contributed by atoms with Gasteiger partial charge in [0.05, 0.1) is 5.69 Å². The molecule has 1 aromatic heterocycles. The molecule has 0 bridgehead atoms. The van der Waals surface area contributed by atoms with Crippen LogP contribution in [0.25, 0.3) is 0 Å². The Kier molecular flexibility index (Phi) is 1.80. The molecule has 0 saturated carbocycles. The molecular formula is C6H5N2O-. The Bertz CT molecular complexity index is 195. The number of aromatic nitrogens is 1. The molecule has 0 aliphatic carbocycles. The van der Waals surface area contributed by atoms with Crippen molar-refractivity contribution in [1.82, 2.24) is 4.98 Å². The normalized spacial score (nSPS) is 10.2. The van der Waals surface area contributed by atoms with E-state index in [0.717, 1.165) is 0 Å². The molecular weight excluding hydrogens is 116 g/mol. The molecule has 0 aliphatic rings. The summed E-state index contributed by atoms with van der Waals surface area (Å²) in [6.45, 7) is 0. The van der Waals surface area contributed by atoms with Crippen LogP contribution in [0.5, 0.6) is 0 Å². The lowest BCUT2D eigenvalue weighted by atomic mass is 10.4. The van der Waals surface area contributed by atoms with Crippen LogP contribution < -0.4 is 0 Å². The number of hydrogen-bond donors (Lipinski definition) is 0. The third-order valence-electron chi connectivity index (χ3n) is 0.873. The zero-order valence-corrected chi connectivity index (χ0v) is 4.69. The van der Waals surface area contributed by atoms with Gasteiger partial charge in [0.1, 0.15) is 0 Å². The van der Waals surface area contributed by atoms with Gasteiger partial charge in [-0.25, -0.2) is 0 Å². The van der Waals surface area contributed by atoms with E-state index in [0.29, 0.717) is 5.69 Å². The van der Waals surface area contributed by atoms with E-state index in [4.69, 9.17) is 0 Å². The van der Waals surface area contributed by atoms with Crippen LogP contribution in [-0.4, -0.2) is 11.2 Å². The Balaban J connectivity index is 2.85. The topological polar surface area (TPSA) is 48.3 Å². The largest absolute Gasteiger partial charge is 0.792 e. The highest BCUT2D eigenvalue weighted by Crippen LogP contribution is 1.86. The highest BCUT2D eigenvalue weighted by atomic mass is 16.4. The van der Waals surface area contributed by atoms with Crippen molar-refractivity contribution < 1.29 is 0 Å². The third-order valence-corrected chi connectivity index (χ3v) is 0.873. The summed E-state index contributed by atoms with van der Waals surface area (Å²) in [7, 11) is 0. The Hall–Kier alpha value is -1.38. The summed E-state index contributed by atoms with van der Waals surface area (Å²) in [5.41, 5.74) is 0.590. The van der Waals surface area contributed by atoms with Gasteiger partial charge in [0.25, 0.3) is 0 Å². The summed E-state index contributed by atoms with van der Waals surface area (Å²) < 4.78 is 0. The molecule has 0 amide bonds. The average molecular weight is 121 g/mol. The van der Waals surface area contributed by atoms with Gasteiger partial charge in [-0.3, -0.25) is 4.98 Å². The zero-order chi connectivity index (χ0) is 6.53. The van der Waals surface area contributed by atoms with Gasteiger partial charge < -0.3 is 10.4 Å². The van der Waals surface area contributed by atoms with Crippen molar-refractivity contribution in [2.24, 2.45) is 5.16 Å². The second-order valence-electron chi connectivity index (χ2n) is 1.49. The van der Waals surface area contributed by atoms with Crippen LogP contribution in [0, 0.1) is 5.21 Å². The molecule has 1 aromatic rings. The molecule has 0 spiro atoms. The minimum absolute atomic E-state index is 0.590. The second kappa shape index (κ2) is 2.81. The second-order valence-corrected chi connectivity index (χ2v) is 1.49. The maximum absolute atomic E-state index is 9.63. The van der Waals surface area contributed by atoms with Crippen molar-refractivity contribution in [2.75, 3.05) is 0 Å². The molecule has 3 nitrogen and oxygen atoms in total. The van der Waals surface area contributed by atoms with Crippen molar-refractivity contribution in [1.29, 1.82) is 0 Å². The first-order valence-corrected chi connectivity index (χ1v) is 2.50. The van der Waals surface area contributed by atoms with Crippen LogP contribution in [0.3, 0.4) is 0 Å². The van der Waals surface area contributed by atoms with E-state index in [1.54, 1.807) is 24.4 Å². The van der Waals surface area contributed by atoms with Crippen LogP contribution in [0.4, 0.5) is 0 Å². The molecule has 0 N–H and O–H groups in total. The van der Waals surface area contributed by atoms with Crippen molar-refractivity contribution in [2.45, 2.75) is 0 Å². The van der Waals surface area contributed by atoms with Gasteiger partial charge in [-0.15, -0.1) is 0 Å². The summed E-state index contributed by atoms with van der Waals surface area (Å²) in [5, 5.41) is 12.2. The van der Waals surface area contributed by atoms with Gasteiger partial charge in [0.2, 0.25) is 0 Å². The van der Waals surface area contributed by atoms with Crippen molar-refractivity contribution in [3.8, 4) is 0 Å². The summed E-state index contributed by atoms with van der Waals surface area (Å²) in [4.78, 5) is 3.82. The minimum atomic E-state index is 0.590. The van der Waals surface area contributed by atoms with Gasteiger partial charge in [-0.2, -0.15) is 0 Å². The van der Waals surface area contributed by atoms with Gasteiger partial charge in [-0.05, 0) is 12.1 Å². The molecule has 0 radical (unpaired) electrons. The summed E-state index contributed by atoms with van der Waals surface area (Å²) in [6, 6.07) is 5.29. The van der Waals surface area contributed by atoms with E-state index in [2.05, 4.69) is 10.1 Å². The first-order chi connectivity index (χ1) is 4.43. The zero-order valence-electron chi connectivity index (χ0n) is 4.69. The molecule has 9 heavy (non-hydrogen) atoms. The fourth-order valence-corrected chi connectivity index (χ4v) is 0.506. The molecule has 0 fully saturated rings. The van der Waals surface area contributed by atoms with Crippen LogP contribution >= 0.6 is 0 Å². The highest BCUT2D eigenvalue weighted by Gasteiger charge is 1.79. The summed E-state index contributed by atoms with van der Waals surface area (Å²) in [6.07, 6.45) is 2.77. The van der Waals surface area contributed by atoms with Gasteiger partial charge in [0.15, 0.2) is 0 Å². The van der Waals surface area contributed by atoms with Crippen LogP contribution in [0.15, 0.2) is 29.6 Å². The lowest BCUT2D eigenvalue weighted by Gasteiger charge is -1.90. The Labute approximate surface area is 52.7 Å². The molecule has 0 atom stereocenters. The minimum Gasteiger partial charge on any atom is -0.792 e. The average Bonchev–Trinajstić information content (AvgIpc) is 1.91. The monoisotopic (exact) mass is 121 g/mol. The molecule has 46 valence electrons. The Morgan fingerprint density at radius 1 is 1.56 bits per heavy atom. The molecule has 0 unspecified atom stereocenters. The number of hydrogen-bond acceptors (Lipinski definition) is 3. The van der Waals surface area contributed by atoms with E-state index in [9.17, 15) is 5.21 Å². The SMILES string of the molecule is [O-]N=Cc1ccccn1. The lowest BCUT2D eigenvalue weighted by Crippen LogP contribution is -1.82. The molecule has 1 heterocycles. The first-order valence-electron chi connectivity index (χ1n) is 2.50. The molecule has 0 aromatic carbocycles. The van der Waals surface area contributed by atoms with E-state index in [-0.39, 0.29) is 0 Å². The summed E-state index contributed by atoms with van der Waals surface area (Å²) >= 11 is 0. The predicted octanol–water partition coefficient (Wildman–Crippen LogP) is 0.998. The van der Waals surface area contributed by atoms with Crippen LogP contribution in [0.2, 0.25) is 0 Å². The maximum atomic E-state index is 9.63. The van der Waals surface area contributed by atoms with Gasteiger partial charge in [-0.1, -0.05) is 6.07 Å². The quantitative estimate of drug-likeness (QED) is 0.411. The molecule has 3 heteroatoms. The molecule has 1 rings (SSSR count). The van der Waals surface area contributed by atoms with Crippen molar-refractivity contribution >= 4 is 6.21 Å². The van der Waals surface area contributed by atoms with E-state index in [1.165, 1.54) is 6.21 Å². The van der Waals surface area contributed by atoms with E-state index < -0.39 is 0 Å². The lowest BCUT2D eigenvalue weighted by molar-refractivity contribution is 1.30. The van der Waals surface area contributed by atoms with Crippen LogP contribution in [-0.2, 0) is 0 Å². The van der Waals surface area contributed by atoms with Gasteiger partial charge >= 0.3 is 0 Å². The highest BCUT2D eigenvalue weighted by molar-refractivity contribution is 5.76. The number of rotatable bonds is 1. The Morgan fingerprint density at radius 3 is 3.00 bits per heavy atom. The van der Waals surface area contributed by atoms with Crippen molar-refractivity contribution in [3.05, 3.63) is 35.3 Å². The molecule has 0 saturated heterocycles. The standard InChI is InChI=1S/C6H6N2O/c9-8-5-6-3-1-2-4-7-6/h1-5,9H/p-1. The van der Waals surface area contributed by atoms with Crippen LogP contribution in [0.1, 0.15) is 5.69 Å². The number of pyridine rings is 1. The Morgan fingerprint density at radius 2 is 2.44 bits per heavy atom. The van der Waals surface area contributed by atoms with E-state index >= 15 is 0 Å². The fraction of sp³-hybridized carbons (Fsp3) is 0. The fourth-order valence-electron chi connectivity index (χ4n) is 0.506.